The number of imide groups is 2. The zero-order chi connectivity index (χ0) is 24.1. The lowest BCUT2D eigenvalue weighted by molar-refractivity contribution is -0.122. The number of carbonyl (C=O) groups excluding carboxylic acids is 3. The Bertz CT molecular complexity index is 1190. The Labute approximate surface area is 200 Å². The van der Waals surface area contributed by atoms with Crippen LogP contribution in [0.4, 0.5) is 10.5 Å². The summed E-state index contributed by atoms with van der Waals surface area (Å²) >= 11 is 12.0. The van der Waals surface area contributed by atoms with E-state index in [9.17, 15) is 14.4 Å². The first kappa shape index (κ1) is 24.1. The molecule has 3 rings (SSSR count). The summed E-state index contributed by atoms with van der Waals surface area (Å²) < 4.78 is 11.2. The molecule has 0 unspecified atom stereocenters. The predicted molar refractivity (Wildman–Crippen MR) is 128 cm³/mol. The maximum Gasteiger partial charge on any atom is 0.335 e. The Kier molecular flexibility index (Phi) is 7.58. The molecule has 33 heavy (non-hydrogen) atoms. The van der Waals surface area contributed by atoms with Crippen molar-refractivity contribution in [3.05, 3.63) is 82.4 Å². The van der Waals surface area contributed by atoms with Gasteiger partial charge in [-0.05, 0) is 48.4 Å². The summed E-state index contributed by atoms with van der Waals surface area (Å²) in [6.45, 7) is 7.66. The van der Waals surface area contributed by atoms with Crippen molar-refractivity contribution in [2.45, 2.75) is 6.42 Å². The van der Waals surface area contributed by atoms with Crippen LogP contribution in [-0.4, -0.2) is 31.6 Å². The molecule has 1 fully saturated rings. The molecule has 170 valence electrons. The molecule has 1 aliphatic rings. The van der Waals surface area contributed by atoms with Crippen molar-refractivity contribution in [1.82, 2.24) is 5.32 Å². The van der Waals surface area contributed by atoms with E-state index >= 15 is 0 Å². The van der Waals surface area contributed by atoms with E-state index in [0.717, 1.165) is 10.5 Å². The summed E-state index contributed by atoms with van der Waals surface area (Å²) in [6, 6.07) is 6.75. The maximum absolute atomic E-state index is 13.1. The van der Waals surface area contributed by atoms with Crippen molar-refractivity contribution in [2.24, 2.45) is 0 Å². The van der Waals surface area contributed by atoms with E-state index in [1.165, 1.54) is 31.4 Å². The SMILES string of the molecule is C=CCOc1c(CC=C)cc(/C=C2\C(=O)NC(=O)N(c3ccc(Cl)c(Cl)c3)C2=O)cc1OC. The van der Waals surface area contributed by atoms with Gasteiger partial charge in [-0.2, -0.15) is 0 Å². The van der Waals surface area contributed by atoms with E-state index in [1.54, 1.807) is 24.3 Å². The number of anilines is 1. The summed E-state index contributed by atoms with van der Waals surface area (Å²) in [7, 11) is 1.48. The normalized spacial score (nSPS) is 14.8. The molecule has 1 N–H and O–H groups in total. The summed E-state index contributed by atoms with van der Waals surface area (Å²) in [5.41, 5.74) is 1.16. The molecule has 0 radical (unpaired) electrons. The summed E-state index contributed by atoms with van der Waals surface area (Å²) in [5, 5.41) is 2.59. The van der Waals surface area contributed by atoms with Crippen molar-refractivity contribution in [3.8, 4) is 11.5 Å². The van der Waals surface area contributed by atoms with Gasteiger partial charge in [0.05, 0.1) is 22.8 Å². The Balaban J connectivity index is 2.07. The van der Waals surface area contributed by atoms with Crippen molar-refractivity contribution in [1.29, 1.82) is 0 Å². The van der Waals surface area contributed by atoms with E-state index in [0.29, 0.717) is 23.5 Å². The highest BCUT2D eigenvalue weighted by atomic mass is 35.5. The van der Waals surface area contributed by atoms with Gasteiger partial charge in [-0.1, -0.05) is 41.9 Å². The highest BCUT2D eigenvalue weighted by Gasteiger charge is 2.37. The molecule has 0 spiro atoms. The number of hydrogen-bond acceptors (Lipinski definition) is 5. The average Bonchev–Trinajstić information content (AvgIpc) is 2.78. The lowest BCUT2D eigenvalue weighted by Gasteiger charge is -2.26. The number of nitrogens with one attached hydrogen (secondary N) is 1. The molecule has 1 heterocycles. The maximum atomic E-state index is 13.1. The molecule has 4 amide bonds. The van der Waals surface area contributed by atoms with Crippen LogP contribution in [0.1, 0.15) is 11.1 Å². The number of carbonyl (C=O) groups is 3. The predicted octanol–water partition coefficient (Wildman–Crippen LogP) is 4.96. The van der Waals surface area contributed by atoms with Crippen LogP contribution in [-0.2, 0) is 16.0 Å². The minimum atomic E-state index is -0.890. The third kappa shape index (κ3) is 5.10. The Morgan fingerprint density at radius 2 is 1.82 bits per heavy atom. The van der Waals surface area contributed by atoms with Crippen molar-refractivity contribution < 1.29 is 23.9 Å². The molecule has 1 saturated heterocycles. The van der Waals surface area contributed by atoms with Gasteiger partial charge >= 0.3 is 6.03 Å². The first-order chi connectivity index (χ1) is 15.8. The van der Waals surface area contributed by atoms with Crippen LogP contribution in [0, 0.1) is 0 Å². The molecular formula is C24H20Cl2N2O5. The molecule has 0 saturated carbocycles. The van der Waals surface area contributed by atoms with E-state index in [4.69, 9.17) is 32.7 Å². The number of methoxy groups -OCH3 is 1. The number of rotatable bonds is 8. The fourth-order valence-corrected chi connectivity index (χ4v) is 3.51. The first-order valence-corrected chi connectivity index (χ1v) is 10.5. The molecule has 1 aliphatic heterocycles. The molecule has 0 aromatic heterocycles. The minimum Gasteiger partial charge on any atom is -0.493 e. The van der Waals surface area contributed by atoms with Gasteiger partial charge in [0, 0.05) is 5.56 Å². The average molecular weight is 487 g/mol. The van der Waals surface area contributed by atoms with Gasteiger partial charge in [-0.25, -0.2) is 9.69 Å². The topological polar surface area (TPSA) is 84.9 Å². The zero-order valence-electron chi connectivity index (χ0n) is 17.7. The van der Waals surface area contributed by atoms with Gasteiger partial charge in [0.15, 0.2) is 11.5 Å². The summed E-state index contributed by atoms with van der Waals surface area (Å²) in [5.74, 6) is -0.716. The number of halogens is 2. The van der Waals surface area contributed by atoms with E-state index < -0.39 is 17.8 Å². The summed E-state index contributed by atoms with van der Waals surface area (Å²) in [4.78, 5) is 38.9. The van der Waals surface area contributed by atoms with Crippen LogP contribution in [0.25, 0.3) is 6.08 Å². The van der Waals surface area contributed by atoms with E-state index in [1.807, 2.05) is 0 Å². The largest absolute Gasteiger partial charge is 0.493 e. The van der Waals surface area contributed by atoms with Crippen LogP contribution >= 0.6 is 23.2 Å². The molecule has 0 bridgehead atoms. The number of nitrogens with zero attached hydrogens (tertiary/aromatic N) is 1. The second-order valence-electron chi connectivity index (χ2n) is 6.86. The molecule has 2 aromatic carbocycles. The van der Waals surface area contributed by atoms with Crippen LogP contribution < -0.4 is 19.7 Å². The monoisotopic (exact) mass is 486 g/mol. The first-order valence-electron chi connectivity index (χ1n) is 9.72. The summed E-state index contributed by atoms with van der Waals surface area (Å²) in [6.07, 6.45) is 5.12. The standard InChI is InChI=1S/C24H20Cl2N2O5/c1-4-6-15-10-14(12-20(32-3)21(15)33-9-5-2)11-17-22(29)27-24(31)28(23(17)30)16-7-8-18(25)19(26)13-16/h4-5,7-8,10-13H,1-2,6,9H2,3H3,(H,27,29,31)/b17-11+. The molecule has 2 aromatic rings. The third-order valence-corrected chi connectivity index (χ3v) is 5.40. The van der Waals surface area contributed by atoms with Crippen LogP contribution in [0.15, 0.2) is 61.2 Å². The molecule has 0 atom stereocenters. The number of barbiturate groups is 1. The van der Waals surface area contributed by atoms with Gasteiger partial charge in [0.1, 0.15) is 12.2 Å². The molecule has 7 nitrogen and oxygen atoms in total. The molecular weight excluding hydrogens is 467 g/mol. The number of benzene rings is 2. The molecule has 9 heteroatoms. The van der Waals surface area contributed by atoms with Crippen LogP contribution in [0.3, 0.4) is 0 Å². The second kappa shape index (κ2) is 10.4. The Hall–Kier alpha value is -3.55. The fourth-order valence-electron chi connectivity index (χ4n) is 3.21. The van der Waals surface area contributed by atoms with Crippen LogP contribution in [0.5, 0.6) is 11.5 Å². The highest BCUT2D eigenvalue weighted by Crippen LogP contribution is 2.35. The number of allylic oxidation sites excluding steroid dienone is 1. The second-order valence-corrected chi connectivity index (χ2v) is 7.67. The smallest absolute Gasteiger partial charge is 0.335 e. The van der Waals surface area contributed by atoms with Gasteiger partial charge in [-0.3, -0.25) is 14.9 Å². The van der Waals surface area contributed by atoms with E-state index in [2.05, 4.69) is 18.5 Å². The lowest BCUT2D eigenvalue weighted by atomic mass is 10.0. The number of ether oxygens (including phenoxy) is 2. The zero-order valence-corrected chi connectivity index (χ0v) is 19.2. The minimum absolute atomic E-state index is 0.158. The van der Waals surface area contributed by atoms with E-state index in [-0.39, 0.29) is 27.9 Å². The third-order valence-electron chi connectivity index (χ3n) is 4.66. The number of urea groups is 1. The molecule has 0 aliphatic carbocycles. The quantitative estimate of drug-likeness (QED) is 0.323. The van der Waals surface area contributed by atoms with Crippen LogP contribution in [0.2, 0.25) is 10.0 Å². The number of amides is 4. The van der Waals surface area contributed by atoms with Crippen molar-refractivity contribution in [3.63, 3.8) is 0 Å². The van der Waals surface area contributed by atoms with Gasteiger partial charge in [0.2, 0.25) is 0 Å². The highest BCUT2D eigenvalue weighted by molar-refractivity contribution is 6.43. The number of hydrogen-bond donors (Lipinski definition) is 1. The Morgan fingerprint density at radius 1 is 1.06 bits per heavy atom. The fraction of sp³-hybridized carbons (Fsp3) is 0.125. The van der Waals surface area contributed by atoms with Crippen molar-refractivity contribution >= 4 is 52.8 Å². The van der Waals surface area contributed by atoms with Crippen molar-refractivity contribution in [2.75, 3.05) is 18.6 Å². The lowest BCUT2D eigenvalue weighted by Crippen LogP contribution is -2.54. The van der Waals surface area contributed by atoms with Gasteiger partial charge in [0.25, 0.3) is 11.8 Å². The van der Waals surface area contributed by atoms with Gasteiger partial charge in [-0.15, -0.1) is 6.58 Å². The van der Waals surface area contributed by atoms with Gasteiger partial charge < -0.3 is 9.47 Å². The Morgan fingerprint density at radius 3 is 2.45 bits per heavy atom.